The van der Waals surface area contributed by atoms with Gasteiger partial charge in [-0.05, 0) is 42.9 Å². The molecule has 1 amide bonds. The average Bonchev–Trinajstić information content (AvgIpc) is 3.06. The number of hydrogen-bond donors (Lipinski definition) is 0. The van der Waals surface area contributed by atoms with Crippen LogP contribution in [-0.4, -0.2) is 49.0 Å². The minimum Gasteiger partial charge on any atom is -0.497 e. The fraction of sp³-hybridized carbons (Fsp3) is 0.333. The number of carbonyl (C=O) groups excluding carboxylic acids is 1. The van der Waals surface area contributed by atoms with Crippen LogP contribution in [0, 0.1) is 5.82 Å². The van der Waals surface area contributed by atoms with Gasteiger partial charge in [0.15, 0.2) is 5.43 Å². The van der Waals surface area contributed by atoms with Crippen molar-refractivity contribution in [3.63, 3.8) is 0 Å². The molecule has 0 saturated heterocycles. The van der Waals surface area contributed by atoms with Crippen molar-refractivity contribution >= 4 is 16.9 Å². The van der Waals surface area contributed by atoms with Crippen LogP contribution >= 0.6 is 0 Å². The van der Waals surface area contributed by atoms with Crippen molar-refractivity contribution in [2.24, 2.45) is 0 Å². The first-order valence-electron chi connectivity index (χ1n) is 10.4. The van der Waals surface area contributed by atoms with Crippen LogP contribution in [0.15, 0.2) is 51.7 Å². The lowest BCUT2D eigenvalue weighted by molar-refractivity contribution is 0.0708. The van der Waals surface area contributed by atoms with Gasteiger partial charge >= 0.3 is 0 Å². The zero-order valence-electron chi connectivity index (χ0n) is 17.9. The Bertz CT molecular complexity index is 1170. The van der Waals surface area contributed by atoms with Crippen molar-refractivity contribution in [1.82, 2.24) is 9.80 Å². The Morgan fingerprint density at radius 3 is 2.45 bits per heavy atom. The van der Waals surface area contributed by atoms with Crippen LogP contribution < -0.4 is 10.2 Å². The van der Waals surface area contributed by atoms with Crippen molar-refractivity contribution in [2.45, 2.75) is 19.9 Å². The molecule has 4 rings (SSSR count). The van der Waals surface area contributed by atoms with Crippen molar-refractivity contribution in [2.75, 3.05) is 33.3 Å². The highest BCUT2D eigenvalue weighted by Gasteiger charge is 2.42. The summed E-state index contributed by atoms with van der Waals surface area (Å²) in [5.74, 6) is -0.131. The Kier molecular flexibility index (Phi) is 5.78. The summed E-state index contributed by atoms with van der Waals surface area (Å²) in [6.45, 7) is 6.92. The van der Waals surface area contributed by atoms with E-state index in [2.05, 4.69) is 18.7 Å². The monoisotopic (exact) mass is 424 g/mol. The molecule has 1 aliphatic rings. The molecule has 0 aliphatic carbocycles. The first-order chi connectivity index (χ1) is 15.0. The number of rotatable bonds is 7. The number of hydrogen-bond acceptors (Lipinski definition) is 5. The van der Waals surface area contributed by atoms with E-state index < -0.39 is 6.04 Å². The Morgan fingerprint density at radius 2 is 1.81 bits per heavy atom. The molecule has 1 atom stereocenters. The maximum Gasteiger partial charge on any atom is 0.290 e. The molecule has 6 nitrogen and oxygen atoms in total. The SMILES string of the molecule is CCN(CC)CCN1C(=O)c2oc3cc(OC)ccc3c(=O)c2[C@H]1c1ccc(F)cc1. The van der Waals surface area contributed by atoms with Gasteiger partial charge in [0.25, 0.3) is 5.91 Å². The third-order valence-corrected chi connectivity index (χ3v) is 5.91. The van der Waals surface area contributed by atoms with E-state index in [0.29, 0.717) is 40.9 Å². The summed E-state index contributed by atoms with van der Waals surface area (Å²) in [6, 6.07) is 10.2. The molecule has 1 aliphatic heterocycles. The highest BCUT2D eigenvalue weighted by Crippen LogP contribution is 2.38. The molecule has 2 heterocycles. The van der Waals surface area contributed by atoms with E-state index in [-0.39, 0.29) is 22.9 Å². The number of nitrogens with zero attached hydrogens (tertiary/aromatic N) is 2. The Hall–Kier alpha value is -3.19. The predicted octanol–water partition coefficient (Wildman–Crippen LogP) is 3.83. The van der Waals surface area contributed by atoms with Gasteiger partial charge in [-0.25, -0.2) is 4.39 Å². The zero-order chi connectivity index (χ0) is 22.1. The fourth-order valence-corrected chi connectivity index (χ4v) is 4.14. The van der Waals surface area contributed by atoms with E-state index in [1.54, 1.807) is 35.2 Å². The number of carbonyl (C=O) groups is 1. The van der Waals surface area contributed by atoms with Crippen LogP contribution in [-0.2, 0) is 0 Å². The van der Waals surface area contributed by atoms with E-state index in [4.69, 9.17) is 9.15 Å². The van der Waals surface area contributed by atoms with Crippen molar-refractivity contribution in [3.8, 4) is 5.75 Å². The van der Waals surface area contributed by atoms with Crippen LogP contribution in [0.4, 0.5) is 4.39 Å². The van der Waals surface area contributed by atoms with Gasteiger partial charge in [-0.1, -0.05) is 26.0 Å². The number of benzene rings is 2. The van der Waals surface area contributed by atoms with Crippen molar-refractivity contribution in [1.29, 1.82) is 0 Å². The summed E-state index contributed by atoms with van der Waals surface area (Å²) in [6.07, 6.45) is 0. The summed E-state index contributed by atoms with van der Waals surface area (Å²) in [4.78, 5) is 30.7. The van der Waals surface area contributed by atoms with E-state index in [1.807, 2.05) is 0 Å². The normalized spacial score (nSPS) is 15.7. The Balaban J connectivity index is 1.86. The van der Waals surface area contributed by atoms with Crippen LogP contribution in [0.25, 0.3) is 11.0 Å². The lowest BCUT2D eigenvalue weighted by Crippen LogP contribution is -2.37. The van der Waals surface area contributed by atoms with Crippen molar-refractivity contribution < 1.29 is 18.3 Å². The highest BCUT2D eigenvalue weighted by molar-refractivity contribution is 5.99. The molecule has 1 aromatic heterocycles. The lowest BCUT2D eigenvalue weighted by Gasteiger charge is -2.28. The van der Waals surface area contributed by atoms with E-state index in [1.165, 1.54) is 19.2 Å². The predicted molar refractivity (Wildman–Crippen MR) is 116 cm³/mol. The minimum atomic E-state index is -0.624. The van der Waals surface area contributed by atoms with Gasteiger partial charge in [-0.2, -0.15) is 0 Å². The molecule has 0 saturated carbocycles. The van der Waals surface area contributed by atoms with E-state index in [0.717, 1.165) is 13.1 Å². The number of fused-ring (bicyclic) bond motifs is 2. The van der Waals surface area contributed by atoms with Gasteiger partial charge in [0.2, 0.25) is 5.76 Å². The number of amides is 1. The smallest absolute Gasteiger partial charge is 0.290 e. The molecule has 0 fully saturated rings. The molecule has 0 radical (unpaired) electrons. The first-order valence-corrected chi connectivity index (χ1v) is 10.4. The summed E-state index contributed by atoms with van der Waals surface area (Å²) in [5, 5.41) is 0.380. The first kappa shape index (κ1) is 21.1. The van der Waals surface area contributed by atoms with Crippen LogP contribution in [0.5, 0.6) is 5.75 Å². The molecule has 2 aromatic carbocycles. The molecule has 0 N–H and O–H groups in total. The topological polar surface area (TPSA) is 63.0 Å². The quantitative estimate of drug-likeness (QED) is 0.577. The van der Waals surface area contributed by atoms with Crippen molar-refractivity contribution in [3.05, 3.63) is 75.4 Å². The van der Waals surface area contributed by atoms with E-state index >= 15 is 0 Å². The Labute approximate surface area is 179 Å². The maximum absolute atomic E-state index is 13.6. The molecular formula is C24H25FN2O4. The third-order valence-electron chi connectivity index (χ3n) is 5.91. The second kappa shape index (κ2) is 8.51. The number of halogens is 1. The molecule has 3 aromatic rings. The molecule has 31 heavy (non-hydrogen) atoms. The van der Waals surface area contributed by atoms with Crippen LogP contribution in [0.1, 0.15) is 41.6 Å². The summed E-state index contributed by atoms with van der Waals surface area (Å²) >= 11 is 0. The average molecular weight is 424 g/mol. The van der Waals surface area contributed by atoms with Gasteiger partial charge in [-0.3, -0.25) is 9.59 Å². The molecule has 0 bridgehead atoms. The molecular weight excluding hydrogens is 399 g/mol. The number of methoxy groups -OCH3 is 1. The van der Waals surface area contributed by atoms with Gasteiger partial charge < -0.3 is 19.0 Å². The summed E-state index contributed by atoms with van der Waals surface area (Å²) in [5.41, 5.74) is 1.02. The second-order valence-corrected chi connectivity index (χ2v) is 7.52. The van der Waals surface area contributed by atoms with Gasteiger partial charge in [-0.15, -0.1) is 0 Å². The highest BCUT2D eigenvalue weighted by atomic mass is 19.1. The number of ether oxygens (including phenoxy) is 1. The molecule has 162 valence electrons. The maximum atomic E-state index is 13.6. The number of likely N-dealkylation sites (N-methyl/N-ethyl adjacent to an activating group) is 1. The standard InChI is InChI=1S/C24H25FN2O4/c1-4-26(5-2)12-13-27-21(15-6-8-16(25)9-7-15)20-22(28)18-11-10-17(30-3)14-19(18)31-23(20)24(27)29/h6-11,14,21H,4-5,12-13H2,1-3H3/t21-/m1/s1. The zero-order valence-corrected chi connectivity index (χ0v) is 17.9. The lowest BCUT2D eigenvalue weighted by atomic mass is 9.98. The van der Waals surface area contributed by atoms with E-state index in [9.17, 15) is 14.0 Å². The van der Waals surface area contributed by atoms with Crippen LogP contribution in [0.2, 0.25) is 0 Å². The third kappa shape index (κ3) is 3.70. The second-order valence-electron chi connectivity index (χ2n) is 7.52. The van der Waals surface area contributed by atoms with Gasteiger partial charge in [0.1, 0.15) is 17.1 Å². The molecule has 0 spiro atoms. The Morgan fingerprint density at radius 1 is 1.10 bits per heavy atom. The largest absolute Gasteiger partial charge is 0.497 e. The minimum absolute atomic E-state index is 0.0413. The van der Waals surface area contributed by atoms with Gasteiger partial charge in [0, 0.05) is 19.2 Å². The summed E-state index contributed by atoms with van der Waals surface area (Å²) in [7, 11) is 1.53. The van der Waals surface area contributed by atoms with Crippen LogP contribution in [0.3, 0.4) is 0 Å². The van der Waals surface area contributed by atoms with Gasteiger partial charge in [0.05, 0.1) is 24.1 Å². The fourth-order valence-electron chi connectivity index (χ4n) is 4.14. The molecule has 7 heteroatoms. The molecule has 0 unspecified atom stereocenters. The summed E-state index contributed by atoms with van der Waals surface area (Å²) < 4.78 is 24.7.